The van der Waals surface area contributed by atoms with Crippen LogP contribution in [0.25, 0.3) is 0 Å². The molecule has 1 atom stereocenters. The number of nitrogens with zero attached hydrogens (tertiary/aromatic N) is 1. The Hall–Kier alpha value is -2.09. The first-order valence-corrected chi connectivity index (χ1v) is 8.74. The van der Waals surface area contributed by atoms with Crippen molar-refractivity contribution in [3.05, 3.63) is 35.4 Å². The van der Waals surface area contributed by atoms with Crippen molar-refractivity contribution in [1.82, 2.24) is 10.2 Å². The van der Waals surface area contributed by atoms with Gasteiger partial charge in [0, 0.05) is 25.7 Å². The van der Waals surface area contributed by atoms with Crippen LogP contribution in [0.2, 0.25) is 0 Å². The number of piperidine rings is 1. The highest BCUT2D eigenvalue weighted by Gasteiger charge is 2.36. The molecule has 0 bridgehead atoms. The number of alkyl halides is 3. The number of likely N-dealkylation sites (tertiary alicyclic amines) is 1. The zero-order valence-corrected chi connectivity index (χ0v) is 14.2. The quantitative estimate of drug-likeness (QED) is 0.890. The summed E-state index contributed by atoms with van der Waals surface area (Å²) in [6.45, 7) is 1.52. The van der Waals surface area contributed by atoms with E-state index in [1.807, 2.05) is 0 Å². The van der Waals surface area contributed by atoms with E-state index in [0.29, 0.717) is 32.5 Å². The molecule has 2 saturated heterocycles. The van der Waals surface area contributed by atoms with E-state index in [4.69, 9.17) is 4.74 Å². The molecule has 0 aliphatic carbocycles. The van der Waals surface area contributed by atoms with Gasteiger partial charge in [0.05, 0.1) is 11.1 Å². The lowest BCUT2D eigenvalue weighted by molar-refractivity contribution is -0.142. The van der Waals surface area contributed by atoms with E-state index in [0.717, 1.165) is 18.9 Å². The summed E-state index contributed by atoms with van der Waals surface area (Å²) in [7, 11) is 0. The second-order valence-corrected chi connectivity index (χ2v) is 6.62. The van der Waals surface area contributed by atoms with Crippen LogP contribution in [-0.4, -0.2) is 48.6 Å². The second-order valence-electron chi connectivity index (χ2n) is 6.62. The molecule has 0 aromatic heterocycles. The third-order valence-corrected chi connectivity index (χ3v) is 4.82. The number of ether oxygens (including phenoxy) is 1. The highest BCUT2D eigenvalue weighted by molar-refractivity contribution is 5.96. The van der Waals surface area contributed by atoms with Gasteiger partial charge in [-0.3, -0.25) is 9.59 Å². The van der Waals surface area contributed by atoms with E-state index >= 15 is 0 Å². The highest BCUT2D eigenvalue weighted by Crippen LogP contribution is 2.32. The highest BCUT2D eigenvalue weighted by atomic mass is 19.4. The third-order valence-electron chi connectivity index (χ3n) is 4.82. The van der Waals surface area contributed by atoms with E-state index in [9.17, 15) is 22.8 Å². The summed E-state index contributed by atoms with van der Waals surface area (Å²) in [5.41, 5.74) is -1.32. The fourth-order valence-electron chi connectivity index (χ4n) is 3.41. The van der Waals surface area contributed by atoms with Gasteiger partial charge in [-0.1, -0.05) is 12.1 Å². The van der Waals surface area contributed by atoms with Crippen LogP contribution in [0, 0.1) is 0 Å². The van der Waals surface area contributed by atoms with Crippen LogP contribution in [0.15, 0.2) is 24.3 Å². The summed E-state index contributed by atoms with van der Waals surface area (Å²) in [6.07, 6.45) is -2.33. The Morgan fingerprint density at radius 1 is 1.12 bits per heavy atom. The maximum atomic E-state index is 13.0. The van der Waals surface area contributed by atoms with E-state index in [1.165, 1.54) is 18.2 Å². The molecule has 1 aromatic carbocycles. The van der Waals surface area contributed by atoms with Gasteiger partial charge in [0.1, 0.15) is 6.10 Å². The molecular weight excluding hydrogens is 349 g/mol. The van der Waals surface area contributed by atoms with Gasteiger partial charge < -0.3 is 15.0 Å². The summed E-state index contributed by atoms with van der Waals surface area (Å²) in [5, 5.41) is 2.67. The minimum absolute atomic E-state index is 0.0327. The molecule has 2 fully saturated rings. The largest absolute Gasteiger partial charge is 0.417 e. The van der Waals surface area contributed by atoms with Gasteiger partial charge in [0.25, 0.3) is 11.8 Å². The summed E-state index contributed by atoms with van der Waals surface area (Å²) >= 11 is 0. The SMILES string of the molecule is O=C(NC1CCN(C(=O)C2CCCO2)CC1)c1ccccc1C(F)(F)F. The molecule has 5 nitrogen and oxygen atoms in total. The molecule has 8 heteroatoms. The Labute approximate surface area is 149 Å². The zero-order valence-electron chi connectivity index (χ0n) is 14.2. The molecule has 2 heterocycles. The lowest BCUT2D eigenvalue weighted by Gasteiger charge is -2.33. The Morgan fingerprint density at radius 3 is 2.42 bits per heavy atom. The summed E-state index contributed by atoms with van der Waals surface area (Å²) in [6, 6.07) is 4.49. The molecule has 0 saturated carbocycles. The van der Waals surface area contributed by atoms with E-state index in [2.05, 4.69) is 5.32 Å². The Balaban J connectivity index is 1.56. The van der Waals surface area contributed by atoms with Gasteiger partial charge in [-0.2, -0.15) is 13.2 Å². The number of benzene rings is 1. The van der Waals surface area contributed by atoms with Crippen LogP contribution >= 0.6 is 0 Å². The molecule has 1 N–H and O–H groups in total. The van der Waals surface area contributed by atoms with Crippen molar-refractivity contribution in [3.63, 3.8) is 0 Å². The smallest absolute Gasteiger partial charge is 0.368 e. The molecular formula is C18H21F3N2O3. The number of hydrogen-bond donors (Lipinski definition) is 1. The predicted octanol–water partition coefficient (Wildman–Crippen LogP) is 2.61. The molecule has 3 rings (SSSR count). The van der Waals surface area contributed by atoms with Gasteiger partial charge in [-0.15, -0.1) is 0 Å². The Morgan fingerprint density at radius 2 is 1.81 bits per heavy atom. The van der Waals surface area contributed by atoms with Crippen molar-refractivity contribution >= 4 is 11.8 Å². The summed E-state index contributed by atoms with van der Waals surface area (Å²) in [4.78, 5) is 26.3. The molecule has 1 unspecified atom stereocenters. The van der Waals surface area contributed by atoms with Gasteiger partial charge in [0.15, 0.2) is 0 Å². The van der Waals surface area contributed by atoms with Gasteiger partial charge in [-0.05, 0) is 37.8 Å². The first-order chi connectivity index (χ1) is 12.4. The van der Waals surface area contributed by atoms with Crippen molar-refractivity contribution < 1.29 is 27.5 Å². The second kappa shape index (κ2) is 7.65. The van der Waals surface area contributed by atoms with Crippen LogP contribution in [-0.2, 0) is 15.7 Å². The van der Waals surface area contributed by atoms with Crippen LogP contribution in [0.1, 0.15) is 41.6 Å². The fraction of sp³-hybridized carbons (Fsp3) is 0.556. The maximum absolute atomic E-state index is 13.0. The van der Waals surface area contributed by atoms with Gasteiger partial charge >= 0.3 is 6.18 Å². The Kier molecular flexibility index (Phi) is 5.50. The van der Waals surface area contributed by atoms with Crippen molar-refractivity contribution in [2.24, 2.45) is 0 Å². The first-order valence-electron chi connectivity index (χ1n) is 8.74. The number of halogens is 3. The van der Waals surface area contributed by atoms with Crippen LogP contribution in [0.3, 0.4) is 0 Å². The van der Waals surface area contributed by atoms with Gasteiger partial charge in [-0.25, -0.2) is 0 Å². The summed E-state index contributed by atoms with van der Waals surface area (Å²) < 4.78 is 44.5. The molecule has 0 radical (unpaired) electrons. The van der Waals surface area contributed by atoms with Gasteiger partial charge in [0.2, 0.25) is 0 Å². The fourth-order valence-corrected chi connectivity index (χ4v) is 3.41. The predicted molar refractivity (Wildman–Crippen MR) is 87.5 cm³/mol. The van der Waals surface area contributed by atoms with Crippen molar-refractivity contribution in [1.29, 1.82) is 0 Å². The Bertz CT molecular complexity index is 664. The lowest BCUT2D eigenvalue weighted by Crippen LogP contribution is -2.49. The molecule has 2 amide bonds. The first kappa shape index (κ1) is 18.7. The van der Waals surface area contributed by atoms with Crippen LogP contribution in [0.5, 0.6) is 0 Å². The topological polar surface area (TPSA) is 58.6 Å². The van der Waals surface area contributed by atoms with E-state index < -0.39 is 17.6 Å². The standard InChI is InChI=1S/C18H21F3N2O3/c19-18(20,21)14-5-2-1-4-13(14)16(24)22-12-7-9-23(10-8-12)17(25)15-6-3-11-26-15/h1-2,4-5,12,15H,3,6-11H2,(H,22,24). The van der Waals surface area contributed by atoms with E-state index in [1.54, 1.807) is 4.90 Å². The van der Waals surface area contributed by atoms with Crippen molar-refractivity contribution in [2.75, 3.05) is 19.7 Å². The minimum atomic E-state index is -4.58. The average Bonchev–Trinajstić information content (AvgIpc) is 3.15. The maximum Gasteiger partial charge on any atom is 0.417 e. The number of carbonyl (C=O) groups is 2. The molecule has 26 heavy (non-hydrogen) atoms. The third kappa shape index (κ3) is 4.17. The minimum Gasteiger partial charge on any atom is -0.368 e. The zero-order chi connectivity index (χ0) is 18.7. The van der Waals surface area contributed by atoms with Crippen molar-refractivity contribution in [2.45, 2.75) is 44.0 Å². The average molecular weight is 370 g/mol. The number of carbonyl (C=O) groups excluding carboxylic acids is 2. The molecule has 2 aliphatic rings. The molecule has 1 aromatic rings. The molecule has 0 spiro atoms. The van der Waals surface area contributed by atoms with Crippen LogP contribution in [0.4, 0.5) is 13.2 Å². The number of rotatable bonds is 3. The summed E-state index contributed by atoms with van der Waals surface area (Å²) in [5.74, 6) is -0.767. The molecule has 2 aliphatic heterocycles. The van der Waals surface area contributed by atoms with Crippen LogP contribution < -0.4 is 5.32 Å². The number of hydrogen-bond acceptors (Lipinski definition) is 3. The number of amides is 2. The molecule has 142 valence electrons. The normalized spacial score (nSPS) is 21.7. The van der Waals surface area contributed by atoms with Crippen molar-refractivity contribution in [3.8, 4) is 0 Å². The lowest BCUT2D eigenvalue weighted by atomic mass is 10.0. The number of nitrogens with one attached hydrogen (secondary N) is 1. The monoisotopic (exact) mass is 370 g/mol. The van der Waals surface area contributed by atoms with E-state index in [-0.39, 0.29) is 23.6 Å².